The summed E-state index contributed by atoms with van der Waals surface area (Å²) >= 11 is 3.75. The molecule has 0 nitrogen and oxygen atoms in total. The second kappa shape index (κ2) is 1.94. The summed E-state index contributed by atoms with van der Waals surface area (Å²) in [6.07, 6.45) is 2.12. The summed E-state index contributed by atoms with van der Waals surface area (Å²) in [7, 11) is 0. The summed E-state index contributed by atoms with van der Waals surface area (Å²) in [5.74, 6) is 1.23. The molecule has 34 valence electrons. The summed E-state index contributed by atoms with van der Waals surface area (Å²) in [5, 5.41) is 2.19. The number of thioether (sulfide) groups is 2. The number of rotatable bonds is 2. The van der Waals surface area contributed by atoms with E-state index in [2.05, 4.69) is 11.7 Å². The van der Waals surface area contributed by atoms with Crippen molar-refractivity contribution in [3.05, 3.63) is 10.3 Å². The fourth-order valence-corrected chi connectivity index (χ4v) is 1.52. The van der Waals surface area contributed by atoms with Crippen LogP contribution in [0.5, 0.6) is 0 Å². The van der Waals surface area contributed by atoms with Gasteiger partial charge in [0.15, 0.2) is 0 Å². The zero-order chi connectivity index (χ0) is 4.41. The Morgan fingerprint density at radius 1 is 2.00 bits per heavy atom. The van der Waals surface area contributed by atoms with E-state index in [0.29, 0.717) is 0 Å². The molecule has 0 saturated heterocycles. The number of hydrogen-bond donors (Lipinski definition) is 0. The molecule has 0 radical (unpaired) electrons. The minimum atomic E-state index is 1.23. The van der Waals surface area contributed by atoms with Crippen LogP contribution in [0.2, 0.25) is 0 Å². The van der Waals surface area contributed by atoms with Crippen LogP contribution in [0.25, 0.3) is 0 Å². The molecule has 6 heavy (non-hydrogen) atoms. The van der Waals surface area contributed by atoms with E-state index in [9.17, 15) is 0 Å². The van der Waals surface area contributed by atoms with Crippen molar-refractivity contribution in [2.75, 3.05) is 12.0 Å². The molecule has 1 aliphatic rings. The maximum atomic E-state index is 2.19. The van der Waals surface area contributed by atoms with Crippen LogP contribution in [0.3, 0.4) is 0 Å². The minimum absolute atomic E-state index is 1.23. The standard InChI is InChI=1S/C4H6S2/c1-5-2-4-3-6-4/h3H,2H2,1H3. The Kier molecular flexibility index (Phi) is 1.48. The van der Waals surface area contributed by atoms with Gasteiger partial charge in [-0.2, -0.15) is 11.8 Å². The quantitative estimate of drug-likeness (QED) is 0.543. The molecule has 0 aromatic rings. The van der Waals surface area contributed by atoms with E-state index >= 15 is 0 Å². The highest BCUT2D eigenvalue weighted by molar-refractivity contribution is 8.13. The molecule has 0 fully saturated rings. The van der Waals surface area contributed by atoms with Crippen molar-refractivity contribution in [3.63, 3.8) is 0 Å². The zero-order valence-electron chi connectivity index (χ0n) is 3.60. The first-order chi connectivity index (χ1) is 2.93. The third-order valence-electron chi connectivity index (χ3n) is 0.571. The van der Waals surface area contributed by atoms with Crippen molar-refractivity contribution in [1.29, 1.82) is 0 Å². The Morgan fingerprint density at radius 3 is 2.83 bits per heavy atom. The van der Waals surface area contributed by atoms with Gasteiger partial charge < -0.3 is 0 Å². The van der Waals surface area contributed by atoms with Crippen LogP contribution >= 0.6 is 23.5 Å². The molecule has 1 heterocycles. The second-order valence-corrected chi connectivity index (χ2v) is 3.00. The highest BCUT2D eigenvalue weighted by Crippen LogP contribution is 2.35. The highest BCUT2D eigenvalue weighted by atomic mass is 32.2. The van der Waals surface area contributed by atoms with Crippen molar-refractivity contribution in [1.82, 2.24) is 0 Å². The van der Waals surface area contributed by atoms with Crippen LogP contribution in [0.1, 0.15) is 0 Å². The van der Waals surface area contributed by atoms with Crippen LogP contribution in [-0.4, -0.2) is 12.0 Å². The molecule has 0 bridgehead atoms. The van der Waals surface area contributed by atoms with Crippen molar-refractivity contribution >= 4 is 23.5 Å². The zero-order valence-corrected chi connectivity index (χ0v) is 5.23. The Hall–Kier alpha value is 0.440. The van der Waals surface area contributed by atoms with Gasteiger partial charge in [0, 0.05) is 10.7 Å². The molecule has 0 atom stereocenters. The Labute approximate surface area is 46.4 Å². The second-order valence-electron chi connectivity index (χ2n) is 1.14. The van der Waals surface area contributed by atoms with E-state index in [1.54, 1.807) is 4.91 Å². The monoisotopic (exact) mass is 118 g/mol. The van der Waals surface area contributed by atoms with Gasteiger partial charge in [0.2, 0.25) is 0 Å². The molecule has 0 aromatic carbocycles. The van der Waals surface area contributed by atoms with Crippen molar-refractivity contribution in [2.45, 2.75) is 0 Å². The van der Waals surface area contributed by atoms with Crippen LogP contribution < -0.4 is 0 Å². The lowest BCUT2D eigenvalue weighted by Gasteiger charge is -1.78. The maximum Gasteiger partial charge on any atom is 0.0250 e. The van der Waals surface area contributed by atoms with E-state index < -0.39 is 0 Å². The van der Waals surface area contributed by atoms with Gasteiger partial charge in [-0.25, -0.2) is 0 Å². The molecule has 0 aromatic heterocycles. The molecular weight excluding hydrogens is 112 g/mol. The molecule has 2 heteroatoms. The molecule has 0 amide bonds. The largest absolute Gasteiger partial charge is 0.160 e. The summed E-state index contributed by atoms with van der Waals surface area (Å²) in [6.45, 7) is 0. The molecule has 0 aliphatic carbocycles. The van der Waals surface area contributed by atoms with Crippen LogP contribution in [0.15, 0.2) is 10.3 Å². The van der Waals surface area contributed by atoms with Crippen LogP contribution in [0.4, 0.5) is 0 Å². The van der Waals surface area contributed by atoms with Gasteiger partial charge >= 0.3 is 0 Å². The van der Waals surface area contributed by atoms with Crippen LogP contribution in [0, 0.1) is 0 Å². The lowest BCUT2D eigenvalue weighted by atomic mass is 10.8. The number of hydrogen-bond acceptors (Lipinski definition) is 2. The van der Waals surface area contributed by atoms with Crippen molar-refractivity contribution in [2.24, 2.45) is 0 Å². The Morgan fingerprint density at radius 2 is 2.67 bits per heavy atom. The Bertz CT molecular complexity index is 75.6. The molecule has 0 unspecified atom stereocenters. The first-order valence-electron chi connectivity index (χ1n) is 1.78. The summed E-state index contributed by atoms with van der Waals surface area (Å²) < 4.78 is 0. The van der Waals surface area contributed by atoms with Gasteiger partial charge in [0.05, 0.1) is 0 Å². The fraction of sp³-hybridized carbons (Fsp3) is 0.500. The van der Waals surface area contributed by atoms with Crippen molar-refractivity contribution < 1.29 is 0 Å². The van der Waals surface area contributed by atoms with Gasteiger partial charge in [0.25, 0.3) is 0 Å². The summed E-state index contributed by atoms with van der Waals surface area (Å²) in [4.78, 5) is 1.54. The third-order valence-corrected chi connectivity index (χ3v) is 2.07. The molecule has 0 saturated carbocycles. The van der Waals surface area contributed by atoms with Gasteiger partial charge in [-0.05, 0) is 11.7 Å². The van der Waals surface area contributed by atoms with E-state index in [1.165, 1.54) is 5.75 Å². The minimum Gasteiger partial charge on any atom is -0.160 e. The van der Waals surface area contributed by atoms with Gasteiger partial charge in [-0.15, -0.1) is 11.8 Å². The predicted octanol–water partition coefficient (Wildman–Crippen LogP) is 1.94. The molecule has 0 N–H and O–H groups in total. The predicted molar refractivity (Wildman–Crippen MR) is 34.1 cm³/mol. The van der Waals surface area contributed by atoms with Gasteiger partial charge in [0.1, 0.15) is 0 Å². The molecular formula is C4H6S2. The average Bonchev–Trinajstić information content (AvgIpc) is 2.21. The average molecular weight is 118 g/mol. The normalized spacial score (nSPS) is 17.2. The van der Waals surface area contributed by atoms with Gasteiger partial charge in [-0.1, -0.05) is 0 Å². The summed E-state index contributed by atoms with van der Waals surface area (Å²) in [5.41, 5.74) is 0. The maximum absolute atomic E-state index is 2.19. The molecule has 1 rings (SSSR count). The first kappa shape index (κ1) is 4.60. The Balaban J connectivity index is 2.02. The van der Waals surface area contributed by atoms with E-state index in [4.69, 9.17) is 0 Å². The van der Waals surface area contributed by atoms with E-state index in [-0.39, 0.29) is 0 Å². The topological polar surface area (TPSA) is 0 Å². The molecule has 1 aliphatic heterocycles. The van der Waals surface area contributed by atoms with Crippen molar-refractivity contribution in [3.8, 4) is 0 Å². The smallest absolute Gasteiger partial charge is 0.0250 e. The highest BCUT2D eigenvalue weighted by Gasteiger charge is 2.04. The van der Waals surface area contributed by atoms with Gasteiger partial charge in [-0.3, -0.25) is 0 Å². The lowest BCUT2D eigenvalue weighted by molar-refractivity contribution is 1.80. The summed E-state index contributed by atoms with van der Waals surface area (Å²) in [6, 6.07) is 0. The fourth-order valence-electron chi connectivity index (χ4n) is 0.252. The van der Waals surface area contributed by atoms with Crippen LogP contribution in [-0.2, 0) is 0 Å². The lowest BCUT2D eigenvalue weighted by Crippen LogP contribution is -1.62. The SMILES string of the molecule is CSCC1=CS1. The first-order valence-corrected chi connectivity index (χ1v) is 4.05. The van der Waals surface area contributed by atoms with E-state index in [1.807, 2.05) is 23.5 Å². The third kappa shape index (κ3) is 1.27. The van der Waals surface area contributed by atoms with E-state index in [0.717, 1.165) is 0 Å². The molecule has 0 spiro atoms.